The summed E-state index contributed by atoms with van der Waals surface area (Å²) in [6.45, 7) is 4.00. The van der Waals surface area contributed by atoms with E-state index in [-0.39, 0.29) is 0 Å². The average molecular weight is 176 g/mol. The molecule has 10 heavy (non-hydrogen) atoms. The van der Waals surface area contributed by atoms with Crippen LogP contribution in [0.5, 0.6) is 0 Å². The first-order valence-corrected chi connectivity index (χ1v) is 4.77. The molecule has 1 heterocycles. The second-order valence-corrected chi connectivity index (χ2v) is 2.28. The van der Waals surface area contributed by atoms with Crippen LogP contribution in [-0.2, 0) is 0 Å². The minimum atomic E-state index is 0.842. The fraction of sp³-hybridized carbons (Fsp3) is 0.286. The Balaban J connectivity index is 0.000000371. The molecule has 1 nitrogen and oxygen atoms in total. The fourth-order valence-electron chi connectivity index (χ4n) is 0.393. The van der Waals surface area contributed by atoms with E-state index in [1.54, 1.807) is 6.20 Å². The maximum atomic E-state index is 5.38. The first-order chi connectivity index (χ1) is 4.93. The maximum absolute atomic E-state index is 5.38. The van der Waals surface area contributed by atoms with E-state index in [1.165, 1.54) is 0 Å². The Kier molecular flexibility index (Phi) is 6.76. The smallest absolute Gasteiger partial charge is 0.111 e. The van der Waals surface area contributed by atoms with Crippen molar-refractivity contribution in [1.82, 2.24) is 4.98 Å². The molecular weight excluding hydrogens is 166 g/mol. The SMILES string of the molecule is CC.ClSc1ccccn1. The van der Waals surface area contributed by atoms with Gasteiger partial charge in [-0.2, -0.15) is 0 Å². The zero-order valence-corrected chi connectivity index (χ0v) is 7.62. The van der Waals surface area contributed by atoms with Crippen LogP contribution in [0.2, 0.25) is 0 Å². The molecule has 0 aliphatic carbocycles. The standard InChI is InChI=1S/C5H4ClNS.C2H6/c6-8-5-3-1-2-4-7-5;1-2/h1-4H;1-2H3. The summed E-state index contributed by atoms with van der Waals surface area (Å²) < 4.78 is 0. The van der Waals surface area contributed by atoms with Crippen LogP contribution < -0.4 is 0 Å². The first-order valence-electron chi connectivity index (χ1n) is 3.13. The van der Waals surface area contributed by atoms with E-state index in [0.717, 1.165) is 16.0 Å². The second-order valence-electron chi connectivity index (χ2n) is 1.25. The monoisotopic (exact) mass is 175 g/mol. The van der Waals surface area contributed by atoms with Crippen LogP contribution in [0.25, 0.3) is 0 Å². The summed E-state index contributed by atoms with van der Waals surface area (Å²) in [5, 5.41) is 0.842. The van der Waals surface area contributed by atoms with E-state index in [4.69, 9.17) is 10.7 Å². The summed E-state index contributed by atoms with van der Waals surface area (Å²) in [6.07, 6.45) is 1.71. The molecule has 0 radical (unpaired) electrons. The number of hydrogen-bond acceptors (Lipinski definition) is 2. The van der Waals surface area contributed by atoms with Gasteiger partial charge < -0.3 is 0 Å². The molecule has 56 valence electrons. The van der Waals surface area contributed by atoms with Gasteiger partial charge in [-0.05, 0) is 22.8 Å². The normalized spacial score (nSPS) is 7.90. The van der Waals surface area contributed by atoms with Gasteiger partial charge in [0.15, 0.2) is 0 Å². The molecule has 3 heteroatoms. The van der Waals surface area contributed by atoms with Crippen molar-refractivity contribution in [2.24, 2.45) is 0 Å². The molecule has 0 fully saturated rings. The van der Waals surface area contributed by atoms with Crippen LogP contribution >= 0.6 is 21.7 Å². The van der Waals surface area contributed by atoms with E-state index < -0.39 is 0 Å². The molecule has 1 aromatic heterocycles. The van der Waals surface area contributed by atoms with E-state index in [9.17, 15) is 0 Å². The van der Waals surface area contributed by atoms with Crippen molar-refractivity contribution < 1.29 is 0 Å². The second kappa shape index (κ2) is 6.90. The van der Waals surface area contributed by atoms with E-state index in [2.05, 4.69) is 4.98 Å². The van der Waals surface area contributed by atoms with Gasteiger partial charge in [0, 0.05) is 17.2 Å². The Hall–Kier alpha value is -0.210. The molecule has 1 aromatic rings. The highest BCUT2D eigenvalue weighted by Crippen LogP contribution is 2.17. The molecule has 0 bridgehead atoms. The summed E-state index contributed by atoms with van der Waals surface area (Å²) in [5.74, 6) is 0. The molecule has 0 N–H and O–H groups in total. The summed E-state index contributed by atoms with van der Waals surface area (Å²) >= 11 is 0. The molecule has 0 saturated carbocycles. The van der Waals surface area contributed by atoms with Gasteiger partial charge in [0.1, 0.15) is 5.03 Å². The number of aromatic nitrogens is 1. The largest absolute Gasteiger partial charge is 0.249 e. The van der Waals surface area contributed by atoms with E-state index in [1.807, 2.05) is 32.0 Å². The number of halogens is 1. The molecule has 0 spiro atoms. The molecule has 0 unspecified atom stereocenters. The molecule has 0 atom stereocenters. The van der Waals surface area contributed by atoms with Gasteiger partial charge in [-0.1, -0.05) is 19.9 Å². The lowest BCUT2D eigenvalue weighted by Gasteiger charge is -1.86. The minimum absolute atomic E-state index is 0.842. The third kappa shape index (κ3) is 3.75. The number of nitrogens with zero attached hydrogens (tertiary/aromatic N) is 1. The zero-order valence-electron chi connectivity index (χ0n) is 6.04. The van der Waals surface area contributed by atoms with Crippen LogP contribution in [0, 0.1) is 0 Å². The van der Waals surface area contributed by atoms with Crippen molar-refractivity contribution in [3.63, 3.8) is 0 Å². The van der Waals surface area contributed by atoms with Gasteiger partial charge in [0.25, 0.3) is 0 Å². The van der Waals surface area contributed by atoms with Crippen molar-refractivity contribution in [3.8, 4) is 0 Å². The number of hydrogen-bond donors (Lipinski definition) is 0. The molecule has 0 saturated heterocycles. The quantitative estimate of drug-likeness (QED) is 0.650. The summed E-state index contributed by atoms with van der Waals surface area (Å²) in [6, 6.07) is 5.62. The van der Waals surface area contributed by atoms with Crippen LogP contribution in [0.15, 0.2) is 29.4 Å². The third-order valence-electron chi connectivity index (χ3n) is 0.717. The highest BCUT2D eigenvalue weighted by atomic mass is 35.7. The minimum Gasteiger partial charge on any atom is -0.249 e. The predicted octanol–water partition coefficient (Wildman–Crippen LogP) is 3.35. The fourth-order valence-corrected chi connectivity index (χ4v) is 0.897. The highest BCUT2D eigenvalue weighted by Gasteiger charge is 1.84. The van der Waals surface area contributed by atoms with Gasteiger partial charge >= 0.3 is 0 Å². The lowest BCUT2D eigenvalue weighted by Crippen LogP contribution is -1.69. The van der Waals surface area contributed by atoms with Gasteiger partial charge in [-0.3, -0.25) is 0 Å². The topological polar surface area (TPSA) is 12.9 Å². The Morgan fingerprint density at radius 2 is 2.10 bits per heavy atom. The lowest BCUT2D eigenvalue weighted by atomic mass is 10.5. The Morgan fingerprint density at radius 3 is 2.40 bits per heavy atom. The van der Waals surface area contributed by atoms with Gasteiger partial charge in [0.05, 0.1) is 0 Å². The van der Waals surface area contributed by atoms with Crippen molar-refractivity contribution >= 4 is 21.7 Å². The number of rotatable bonds is 1. The van der Waals surface area contributed by atoms with Gasteiger partial charge in [-0.15, -0.1) is 0 Å². The van der Waals surface area contributed by atoms with E-state index >= 15 is 0 Å². The van der Waals surface area contributed by atoms with Crippen molar-refractivity contribution in [3.05, 3.63) is 24.4 Å². The maximum Gasteiger partial charge on any atom is 0.111 e. The third-order valence-corrected chi connectivity index (χ3v) is 1.59. The molecular formula is C7H10ClNS. The first kappa shape index (κ1) is 9.79. The molecule has 0 aromatic carbocycles. The zero-order chi connectivity index (χ0) is 7.82. The van der Waals surface area contributed by atoms with Crippen molar-refractivity contribution in [2.75, 3.05) is 0 Å². The molecule has 0 aliphatic heterocycles. The van der Waals surface area contributed by atoms with Crippen LogP contribution in [0.3, 0.4) is 0 Å². The summed E-state index contributed by atoms with van der Waals surface area (Å²) in [4.78, 5) is 3.93. The van der Waals surface area contributed by atoms with Crippen LogP contribution in [0.1, 0.15) is 13.8 Å². The highest BCUT2D eigenvalue weighted by molar-refractivity contribution is 8.21. The van der Waals surface area contributed by atoms with Gasteiger partial charge in [-0.25, -0.2) is 4.98 Å². The summed E-state index contributed by atoms with van der Waals surface area (Å²) in [7, 11) is 6.51. The molecule has 0 amide bonds. The van der Waals surface area contributed by atoms with Crippen LogP contribution in [-0.4, -0.2) is 4.98 Å². The Bertz CT molecular complexity index is 155. The van der Waals surface area contributed by atoms with Crippen molar-refractivity contribution in [1.29, 1.82) is 0 Å². The van der Waals surface area contributed by atoms with Gasteiger partial charge in [0.2, 0.25) is 0 Å². The molecule has 1 rings (SSSR count). The predicted molar refractivity (Wildman–Crippen MR) is 47.3 cm³/mol. The molecule has 0 aliphatic rings. The number of pyridine rings is 1. The Morgan fingerprint density at radius 1 is 1.40 bits per heavy atom. The lowest BCUT2D eigenvalue weighted by molar-refractivity contribution is 1.14. The summed E-state index contributed by atoms with van der Waals surface area (Å²) in [5.41, 5.74) is 0. The van der Waals surface area contributed by atoms with E-state index in [0.29, 0.717) is 0 Å². The average Bonchev–Trinajstić information content (AvgIpc) is 2.10. The van der Waals surface area contributed by atoms with Crippen molar-refractivity contribution in [2.45, 2.75) is 18.9 Å². The van der Waals surface area contributed by atoms with Crippen LogP contribution in [0.4, 0.5) is 0 Å². The Labute approximate surface area is 70.3 Å².